The van der Waals surface area contributed by atoms with Gasteiger partial charge in [-0.2, -0.15) is 10.4 Å². The second-order valence-corrected chi connectivity index (χ2v) is 8.60. The molecule has 0 bridgehead atoms. The lowest BCUT2D eigenvalue weighted by atomic mass is 10.2. The Bertz CT molecular complexity index is 1040. The Hall–Kier alpha value is -2.03. The van der Waals surface area contributed by atoms with Crippen LogP contribution in [0, 0.1) is 11.3 Å². The summed E-state index contributed by atoms with van der Waals surface area (Å²) in [6.45, 7) is -1.01. The van der Waals surface area contributed by atoms with Gasteiger partial charge in [0.15, 0.2) is 0 Å². The summed E-state index contributed by atoms with van der Waals surface area (Å²) in [5.74, 6) is -4.47. The van der Waals surface area contributed by atoms with E-state index in [-0.39, 0.29) is 10.2 Å². The van der Waals surface area contributed by atoms with Crippen molar-refractivity contribution in [2.45, 2.75) is 24.9 Å². The molecular formula is C18H14Br2ClF2N5O2. The highest BCUT2D eigenvalue weighted by Gasteiger charge is 2.47. The van der Waals surface area contributed by atoms with Crippen LogP contribution >= 0.6 is 43.5 Å². The highest BCUT2D eigenvalue weighted by atomic mass is 79.9. The number of hydrogen-bond donors (Lipinski definition) is 1. The molecule has 0 saturated carbocycles. The van der Waals surface area contributed by atoms with E-state index < -0.39 is 43.3 Å². The van der Waals surface area contributed by atoms with Crippen LogP contribution < -0.4 is 5.32 Å². The van der Waals surface area contributed by atoms with Gasteiger partial charge in [0.05, 0.1) is 36.3 Å². The van der Waals surface area contributed by atoms with Gasteiger partial charge in [0.2, 0.25) is 5.91 Å². The van der Waals surface area contributed by atoms with Gasteiger partial charge < -0.3 is 10.2 Å². The summed E-state index contributed by atoms with van der Waals surface area (Å²) >= 11 is 12.7. The lowest BCUT2D eigenvalue weighted by Crippen LogP contribution is -2.42. The second-order valence-electron chi connectivity index (χ2n) is 6.65. The Morgan fingerprint density at radius 1 is 1.40 bits per heavy atom. The van der Waals surface area contributed by atoms with Crippen molar-refractivity contribution >= 4 is 55.3 Å². The van der Waals surface area contributed by atoms with E-state index in [0.29, 0.717) is 16.0 Å². The average molecular weight is 566 g/mol. The van der Waals surface area contributed by atoms with Crippen LogP contribution in [0.25, 0.3) is 0 Å². The molecule has 158 valence electrons. The molecule has 7 nitrogen and oxygen atoms in total. The number of alkyl halides is 2. The van der Waals surface area contributed by atoms with E-state index >= 15 is 0 Å². The number of hydrogen-bond acceptors (Lipinski definition) is 4. The number of nitriles is 1. The summed E-state index contributed by atoms with van der Waals surface area (Å²) in [6.07, 6.45) is 0.778. The molecule has 30 heavy (non-hydrogen) atoms. The Balaban J connectivity index is 1.64. The van der Waals surface area contributed by atoms with E-state index in [9.17, 15) is 18.4 Å². The second kappa shape index (κ2) is 8.99. The molecule has 1 aliphatic rings. The van der Waals surface area contributed by atoms with Crippen molar-refractivity contribution in [1.29, 1.82) is 5.26 Å². The highest BCUT2D eigenvalue weighted by molar-refractivity contribution is 9.10. The van der Waals surface area contributed by atoms with E-state index in [2.05, 4.69) is 42.3 Å². The molecule has 1 aromatic heterocycles. The number of rotatable bonds is 5. The van der Waals surface area contributed by atoms with Gasteiger partial charge in [0.1, 0.15) is 10.6 Å². The van der Waals surface area contributed by atoms with Crippen molar-refractivity contribution in [2.75, 3.05) is 13.1 Å². The fourth-order valence-corrected chi connectivity index (χ4v) is 4.09. The number of carbonyl (C=O) groups excluding carboxylic acids is 2. The highest BCUT2D eigenvalue weighted by Crippen LogP contribution is 2.31. The first-order valence-corrected chi connectivity index (χ1v) is 10.6. The lowest BCUT2D eigenvalue weighted by molar-refractivity contribution is -0.131. The number of aromatic nitrogens is 2. The molecular weight excluding hydrogens is 551 g/mol. The van der Waals surface area contributed by atoms with E-state index in [1.807, 2.05) is 6.07 Å². The van der Waals surface area contributed by atoms with Crippen LogP contribution in [0.15, 0.2) is 33.5 Å². The van der Waals surface area contributed by atoms with Crippen molar-refractivity contribution in [1.82, 2.24) is 20.0 Å². The van der Waals surface area contributed by atoms with Gasteiger partial charge in [-0.15, -0.1) is 0 Å². The minimum absolute atomic E-state index is 0.171. The van der Waals surface area contributed by atoms with Gasteiger partial charge in [0.25, 0.3) is 11.8 Å². The summed E-state index contributed by atoms with van der Waals surface area (Å²) < 4.78 is 29.5. The molecule has 1 N–H and O–H groups in total. The van der Waals surface area contributed by atoms with Gasteiger partial charge in [0, 0.05) is 17.1 Å². The lowest BCUT2D eigenvalue weighted by Gasteiger charge is -2.19. The zero-order valence-corrected chi connectivity index (χ0v) is 19.1. The van der Waals surface area contributed by atoms with Crippen LogP contribution in [0.1, 0.15) is 22.3 Å². The maximum atomic E-state index is 13.5. The van der Waals surface area contributed by atoms with Gasteiger partial charge in [-0.1, -0.05) is 23.7 Å². The third kappa shape index (κ3) is 4.99. The monoisotopic (exact) mass is 563 g/mol. The molecule has 12 heteroatoms. The summed E-state index contributed by atoms with van der Waals surface area (Å²) in [4.78, 5) is 25.4. The molecule has 0 spiro atoms. The maximum Gasteiger partial charge on any atom is 0.268 e. The van der Waals surface area contributed by atoms with E-state index in [1.54, 1.807) is 18.2 Å². The zero-order valence-electron chi connectivity index (χ0n) is 15.2. The molecule has 0 unspecified atom stereocenters. The van der Waals surface area contributed by atoms with Crippen LogP contribution in [0.3, 0.4) is 0 Å². The van der Waals surface area contributed by atoms with Crippen LogP contribution in [-0.4, -0.2) is 51.5 Å². The quantitative estimate of drug-likeness (QED) is 0.600. The van der Waals surface area contributed by atoms with E-state index in [0.717, 1.165) is 10.5 Å². The van der Waals surface area contributed by atoms with Crippen molar-refractivity contribution in [2.24, 2.45) is 0 Å². The van der Waals surface area contributed by atoms with Gasteiger partial charge >= 0.3 is 0 Å². The molecule has 1 aliphatic heterocycles. The fraction of sp³-hybridized carbons (Fsp3) is 0.333. The number of amides is 2. The largest absolute Gasteiger partial charge is 0.343 e. The van der Waals surface area contributed by atoms with Crippen LogP contribution in [0.2, 0.25) is 5.02 Å². The summed E-state index contributed by atoms with van der Waals surface area (Å²) in [5.41, 5.74) is 1.02. The van der Waals surface area contributed by atoms with Crippen LogP contribution in [0.5, 0.6) is 0 Å². The first kappa shape index (κ1) is 22.7. The molecule has 1 atom stereocenters. The van der Waals surface area contributed by atoms with Gasteiger partial charge in [-0.05, 0) is 43.5 Å². The molecule has 2 aromatic rings. The summed E-state index contributed by atoms with van der Waals surface area (Å²) in [7, 11) is 0. The minimum Gasteiger partial charge on any atom is -0.343 e. The van der Waals surface area contributed by atoms with Crippen molar-refractivity contribution in [3.05, 3.63) is 49.6 Å². The molecule has 1 aromatic carbocycles. The minimum atomic E-state index is -3.11. The Morgan fingerprint density at radius 3 is 2.83 bits per heavy atom. The maximum absolute atomic E-state index is 13.5. The van der Waals surface area contributed by atoms with Crippen LogP contribution in [0.4, 0.5) is 8.78 Å². The predicted molar refractivity (Wildman–Crippen MR) is 111 cm³/mol. The topological polar surface area (TPSA) is 91.0 Å². The van der Waals surface area contributed by atoms with Crippen molar-refractivity contribution < 1.29 is 18.4 Å². The molecule has 0 aliphatic carbocycles. The molecule has 0 radical (unpaired) electrons. The van der Waals surface area contributed by atoms with Gasteiger partial charge in [-0.3, -0.25) is 14.3 Å². The number of likely N-dealkylation sites (tertiary alicyclic amines) is 1. The first-order valence-electron chi connectivity index (χ1n) is 8.62. The number of carbonyl (C=O) groups is 2. The molecule has 2 heterocycles. The summed E-state index contributed by atoms with van der Waals surface area (Å²) in [6, 6.07) is 5.85. The van der Waals surface area contributed by atoms with Crippen molar-refractivity contribution in [3.63, 3.8) is 0 Å². The molecule has 1 saturated heterocycles. The van der Waals surface area contributed by atoms with Gasteiger partial charge in [-0.25, -0.2) is 8.78 Å². The normalized spacial score (nSPS) is 17.6. The molecule has 2 amide bonds. The number of nitrogens with zero attached hydrogens (tertiary/aromatic N) is 4. The third-order valence-corrected chi connectivity index (χ3v) is 6.53. The van der Waals surface area contributed by atoms with E-state index in [4.69, 9.17) is 16.9 Å². The number of halogens is 5. The Kier molecular flexibility index (Phi) is 6.79. The molecule has 1 fully saturated rings. The Labute approximate surface area is 192 Å². The average Bonchev–Trinajstić information content (AvgIpc) is 3.21. The smallest absolute Gasteiger partial charge is 0.268 e. The van der Waals surface area contributed by atoms with Crippen molar-refractivity contribution in [3.8, 4) is 6.07 Å². The third-order valence-electron chi connectivity index (χ3n) is 4.46. The Morgan fingerprint density at radius 2 is 2.13 bits per heavy atom. The number of nitrogens with one attached hydrogen (secondary N) is 1. The first-order chi connectivity index (χ1) is 14.1. The van der Waals surface area contributed by atoms with Crippen LogP contribution in [-0.2, 0) is 11.3 Å². The summed E-state index contributed by atoms with van der Waals surface area (Å²) in [5, 5.41) is 16.1. The zero-order chi connectivity index (χ0) is 22.1. The fourth-order valence-electron chi connectivity index (χ4n) is 3.02. The molecule has 3 rings (SSSR count). The SMILES string of the molecule is N#C[C@@H]1CC(F)(F)CN1C(=O)CNC(=O)c1cn(Cc2cccc(Cl)c2Br)nc1Br. The standard InChI is InChI=1S/C18H14Br2ClF2N5O2/c19-15-10(2-1-3-13(15)21)7-27-8-12(16(20)26-27)17(30)25-6-14(29)28-9-18(22,23)4-11(28)5-24/h1-3,8,11H,4,6-7,9H2,(H,25,30)/t11-/m0/s1. The predicted octanol–water partition coefficient (Wildman–Crippen LogP) is 3.60. The van der Waals surface area contributed by atoms with E-state index in [1.165, 1.54) is 10.9 Å². The number of benzene rings is 1.